The summed E-state index contributed by atoms with van der Waals surface area (Å²) in [6, 6.07) is 5.85. The third-order valence-corrected chi connectivity index (χ3v) is 2.52. The van der Waals surface area contributed by atoms with Crippen molar-refractivity contribution in [3.8, 4) is 0 Å². The molecule has 1 N–H and O–H groups in total. The third kappa shape index (κ3) is 1.67. The van der Waals surface area contributed by atoms with Gasteiger partial charge in [-0.2, -0.15) is 0 Å². The molecule has 0 spiro atoms. The van der Waals surface area contributed by atoms with Crippen LogP contribution in [-0.2, 0) is 6.42 Å². The maximum absolute atomic E-state index is 5.86. The summed E-state index contributed by atoms with van der Waals surface area (Å²) in [5.74, 6) is 0.648. The van der Waals surface area contributed by atoms with E-state index >= 15 is 0 Å². The van der Waals surface area contributed by atoms with E-state index in [0.717, 1.165) is 17.0 Å². The first kappa shape index (κ1) is 8.92. The van der Waals surface area contributed by atoms with Gasteiger partial charge in [0.25, 0.3) is 0 Å². The maximum Gasteiger partial charge on any atom is 0.0471 e. The van der Waals surface area contributed by atoms with Gasteiger partial charge < -0.3 is 4.98 Å². The quantitative estimate of drug-likeness (QED) is 0.735. The van der Waals surface area contributed by atoms with E-state index in [9.17, 15) is 0 Å². The fraction of sp³-hybridized carbons (Fsp3) is 0.200. The van der Waals surface area contributed by atoms with E-state index in [1.54, 1.807) is 0 Å². The molecule has 0 radical (unpaired) electrons. The molecular weight excluding hydrogens is 205 g/mol. The zero-order valence-electron chi connectivity index (χ0n) is 6.98. The summed E-state index contributed by atoms with van der Waals surface area (Å²) in [5, 5.41) is 1.97. The predicted octanol–water partition coefficient (Wildman–Crippen LogP) is 3.60. The molecule has 3 heteroatoms. The molecule has 0 aliphatic carbocycles. The first-order valence-electron chi connectivity index (χ1n) is 4.13. The summed E-state index contributed by atoms with van der Waals surface area (Å²) in [7, 11) is 0. The van der Waals surface area contributed by atoms with Gasteiger partial charge in [0, 0.05) is 28.0 Å². The molecule has 0 bridgehead atoms. The van der Waals surface area contributed by atoms with Crippen LogP contribution in [0.15, 0.2) is 24.4 Å². The summed E-state index contributed by atoms with van der Waals surface area (Å²) < 4.78 is 0. The van der Waals surface area contributed by atoms with Gasteiger partial charge in [-0.25, -0.2) is 0 Å². The highest BCUT2D eigenvalue weighted by atomic mass is 35.5. The number of benzene rings is 1. The molecule has 13 heavy (non-hydrogen) atoms. The Morgan fingerprint density at radius 1 is 1.31 bits per heavy atom. The smallest absolute Gasteiger partial charge is 0.0471 e. The summed E-state index contributed by atoms with van der Waals surface area (Å²) >= 11 is 11.5. The fourth-order valence-corrected chi connectivity index (χ4v) is 1.84. The lowest BCUT2D eigenvalue weighted by Crippen LogP contribution is -1.82. The van der Waals surface area contributed by atoms with Gasteiger partial charge in [-0.3, -0.25) is 0 Å². The van der Waals surface area contributed by atoms with Crippen molar-refractivity contribution in [1.82, 2.24) is 4.98 Å². The number of aryl methyl sites for hydroxylation is 1. The van der Waals surface area contributed by atoms with Crippen molar-refractivity contribution in [2.75, 3.05) is 5.88 Å². The monoisotopic (exact) mass is 213 g/mol. The maximum atomic E-state index is 5.86. The SMILES string of the molecule is ClCCc1c[nH]c2cc(Cl)ccc12. The fourth-order valence-electron chi connectivity index (χ4n) is 1.47. The number of aromatic amines is 1. The Labute approximate surface area is 86.7 Å². The van der Waals surface area contributed by atoms with E-state index in [4.69, 9.17) is 23.2 Å². The zero-order valence-corrected chi connectivity index (χ0v) is 8.49. The molecule has 1 heterocycles. The molecule has 0 unspecified atom stereocenters. The Kier molecular flexibility index (Phi) is 2.47. The Morgan fingerprint density at radius 2 is 2.15 bits per heavy atom. The Morgan fingerprint density at radius 3 is 2.92 bits per heavy atom. The molecule has 1 nitrogen and oxygen atoms in total. The molecule has 68 valence electrons. The Bertz CT molecular complexity index is 420. The van der Waals surface area contributed by atoms with Crippen LogP contribution in [0.2, 0.25) is 5.02 Å². The second-order valence-electron chi connectivity index (χ2n) is 2.94. The second kappa shape index (κ2) is 3.60. The van der Waals surface area contributed by atoms with Crippen molar-refractivity contribution >= 4 is 34.1 Å². The van der Waals surface area contributed by atoms with E-state index in [-0.39, 0.29) is 0 Å². The summed E-state index contributed by atoms with van der Waals surface area (Å²) in [6.07, 6.45) is 2.88. The lowest BCUT2D eigenvalue weighted by Gasteiger charge is -1.94. The largest absolute Gasteiger partial charge is 0.361 e. The molecule has 0 fully saturated rings. The van der Waals surface area contributed by atoms with E-state index in [1.807, 2.05) is 24.4 Å². The highest BCUT2D eigenvalue weighted by molar-refractivity contribution is 6.31. The average molecular weight is 214 g/mol. The van der Waals surface area contributed by atoms with E-state index in [0.29, 0.717) is 5.88 Å². The van der Waals surface area contributed by atoms with Gasteiger partial charge in [-0.15, -0.1) is 11.6 Å². The van der Waals surface area contributed by atoms with Crippen LogP contribution in [0.4, 0.5) is 0 Å². The zero-order chi connectivity index (χ0) is 9.26. The van der Waals surface area contributed by atoms with Gasteiger partial charge in [0.15, 0.2) is 0 Å². The number of fused-ring (bicyclic) bond motifs is 1. The van der Waals surface area contributed by atoms with Crippen molar-refractivity contribution in [1.29, 1.82) is 0 Å². The number of aromatic nitrogens is 1. The van der Waals surface area contributed by atoms with E-state index in [2.05, 4.69) is 4.98 Å². The van der Waals surface area contributed by atoms with Crippen LogP contribution >= 0.6 is 23.2 Å². The lowest BCUT2D eigenvalue weighted by molar-refractivity contribution is 1.16. The van der Waals surface area contributed by atoms with Gasteiger partial charge in [0.2, 0.25) is 0 Å². The highest BCUT2D eigenvalue weighted by Gasteiger charge is 2.02. The number of alkyl halides is 1. The second-order valence-corrected chi connectivity index (χ2v) is 3.76. The van der Waals surface area contributed by atoms with Crippen LogP contribution in [0.1, 0.15) is 5.56 Å². The normalized spacial score (nSPS) is 10.9. The molecule has 1 aromatic heterocycles. The van der Waals surface area contributed by atoms with Crippen LogP contribution in [0.3, 0.4) is 0 Å². The standard InChI is InChI=1S/C10H9Cl2N/c11-4-3-7-6-13-10-5-8(12)1-2-9(7)10/h1-2,5-6,13H,3-4H2. The molecular formula is C10H9Cl2N. The average Bonchev–Trinajstić information content (AvgIpc) is 2.49. The highest BCUT2D eigenvalue weighted by Crippen LogP contribution is 2.22. The summed E-state index contributed by atoms with van der Waals surface area (Å²) in [6.45, 7) is 0. The summed E-state index contributed by atoms with van der Waals surface area (Å²) in [5.41, 5.74) is 2.33. The predicted molar refractivity (Wildman–Crippen MR) is 57.7 cm³/mol. The lowest BCUT2D eigenvalue weighted by atomic mass is 10.1. The Balaban J connectivity index is 2.55. The molecule has 0 saturated heterocycles. The first-order valence-corrected chi connectivity index (χ1v) is 5.04. The molecule has 0 saturated carbocycles. The minimum atomic E-state index is 0.648. The molecule has 0 amide bonds. The molecule has 2 aromatic rings. The van der Waals surface area contributed by atoms with Gasteiger partial charge in [0.05, 0.1) is 0 Å². The van der Waals surface area contributed by atoms with E-state index in [1.165, 1.54) is 10.9 Å². The van der Waals surface area contributed by atoms with Crippen molar-refractivity contribution in [2.24, 2.45) is 0 Å². The molecule has 0 aliphatic heterocycles. The number of H-pyrrole nitrogens is 1. The van der Waals surface area contributed by atoms with Crippen molar-refractivity contribution < 1.29 is 0 Å². The van der Waals surface area contributed by atoms with Crippen molar-refractivity contribution in [3.63, 3.8) is 0 Å². The first-order chi connectivity index (χ1) is 6.31. The molecule has 0 aliphatic rings. The number of rotatable bonds is 2. The van der Waals surface area contributed by atoms with Crippen LogP contribution in [0, 0.1) is 0 Å². The minimum Gasteiger partial charge on any atom is -0.361 e. The summed E-state index contributed by atoms with van der Waals surface area (Å²) in [4.78, 5) is 3.17. The minimum absolute atomic E-state index is 0.648. The van der Waals surface area contributed by atoms with Gasteiger partial charge >= 0.3 is 0 Å². The number of halogens is 2. The van der Waals surface area contributed by atoms with Gasteiger partial charge in [-0.1, -0.05) is 17.7 Å². The Hall–Kier alpha value is -0.660. The topological polar surface area (TPSA) is 15.8 Å². The molecule has 0 atom stereocenters. The van der Waals surface area contributed by atoms with Crippen LogP contribution < -0.4 is 0 Å². The van der Waals surface area contributed by atoms with Crippen LogP contribution in [0.25, 0.3) is 10.9 Å². The van der Waals surface area contributed by atoms with Gasteiger partial charge in [0.1, 0.15) is 0 Å². The molecule has 2 rings (SSSR count). The number of hydrogen-bond donors (Lipinski definition) is 1. The van der Waals surface area contributed by atoms with Crippen molar-refractivity contribution in [2.45, 2.75) is 6.42 Å². The number of hydrogen-bond acceptors (Lipinski definition) is 0. The van der Waals surface area contributed by atoms with Crippen LogP contribution in [0.5, 0.6) is 0 Å². The van der Waals surface area contributed by atoms with E-state index < -0.39 is 0 Å². The third-order valence-electron chi connectivity index (χ3n) is 2.09. The van der Waals surface area contributed by atoms with Gasteiger partial charge in [-0.05, 0) is 24.1 Å². The van der Waals surface area contributed by atoms with Crippen LogP contribution in [-0.4, -0.2) is 10.9 Å². The molecule has 1 aromatic carbocycles. The number of nitrogens with one attached hydrogen (secondary N) is 1. The van der Waals surface area contributed by atoms with Crippen molar-refractivity contribution in [3.05, 3.63) is 35.0 Å².